The minimum atomic E-state index is 0.191. The average Bonchev–Trinajstić information content (AvgIpc) is 3.37. The lowest BCUT2D eigenvalue weighted by Crippen LogP contribution is -2.45. The van der Waals surface area contributed by atoms with Crippen LogP contribution in [0.2, 0.25) is 0 Å². The van der Waals surface area contributed by atoms with Gasteiger partial charge in [0.25, 0.3) is 5.91 Å². The van der Waals surface area contributed by atoms with Crippen molar-refractivity contribution in [1.82, 2.24) is 14.7 Å². The Morgan fingerprint density at radius 3 is 2.12 bits per heavy atom. The van der Waals surface area contributed by atoms with Gasteiger partial charge in [0.2, 0.25) is 0 Å². The normalized spacial score (nSPS) is 19.2. The second kappa shape index (κ2) is 8.33. The summed E-state index contributed by atoms with van der Waals surface area (Å²) in [5, 5.41) is 2.16. The number of piperazine rings is 1. The van der Waals surface area contributed by atoms with Gasteiger partial charge < -0.3 is 4.90 Å². The largest absolute Gasteiger partial charge is 0.339 e. The summed E-state index contributed by atoms with van der Waals surface area (Å²) in [5.74, 6) is 0.191. The van der Waals surface area contributed by atoms with Crippen LogP contribution in [0.25, 0.3) is 0 Å². The molecule has 2 aliphatic heterocycles. The quantitative estimate of drug-likeness (QED) is 0.809. The third-order valence-electron chi connectivity index (χ3n) is 5.42. The van der Waals surface area contributed by atoms with Crippen molar-refractivity contribution in [2.24, 2.45) is 0 Å². The molecule has 0 N–H and O–H groups in total. The van der Waals surface area contributed by atoms with E-state index in [4.69, 9.17) is 0 Å². The van der Waals surface area contributed by atoms with E-state index in [9.17, 15) is 4.79 Å². The van der Waals surface area contributed by atoms with Gasteiger partial charge in [-0.15, -0.1) is 11.3 Å². The van der Waals surface area contributed by atoms with Gasteiger partial charge in [0.05, 0.1) is 0 Å². The summed E-state index contributed by atoms with van der Waals surface area (Å²) in [6.45, 7) is 8.36. The number of rotatable bonds is 5. The summed E-state index contributed by atoms with van der Waals surface area (Å²) in [7, 11) is 0. The van der Waals surface area contributed by atoms with Gasteiger partial charge in [-0.2, -0.15) is 0 Å². The summed E-state index contributed by atoms with van der Waals surface area (Å²) in [5.41, 5.74) is 2.13. The van der Waals surface area contributed by atoms with Crippen molar-refractivity contribution in [3.8, 4) is 0 Å². The Morgan fingerprint density at radius 2 is 1.50 bits per heavy atom. The first kappa shape index (κ1) is 17.7. The number of thiophene rings is 1. The summed E-state index contributed by atoms with van der Waals surface area (Å²) < 4.78 is 0. The predicted octanol–water partition coefficient (Wildman–Crippen LogP) is 3.30. The number of hydrogen-bond acceptors (Lipinski definition) is 4. The van der Waals surface area contributed by atoms with Crippen molar-refractivity contribution in [2.45, 2.75) is 25.9 Å². The number of carbonyl (C=O) groups is 1. The molecule has 1 aromatic carbocycles. The Bertz CT molecular complexity index is 699. The molecular formula is C21H27N3OS. The highest BCUT2D eigenvalue weighted by Crippen LogP contribution is 2.16. The molecule has 0 radical (unpaired) electrons. The molecule has 3 heterocycles. The molecule has 4 rings (SSSR count). The number of amides is 1. The van der Waals surface area contributed by atoms with E-state index in [0.717, 1.165) is 70.8 Å². The Hall–Kier alpha value is -1.69. The lowest BCUT2D eigenvalue weighted by molar-refractivity contribution is 0.0793. The van der Waals surface area contributed by atoms with E-state index in [0.29, 0.717) is 0 Å². The van der Waals surface area contributed by atoms with Crippen molar-refractivity contribution in [1.29, 1.82) is 0 Å². The van der Waals surface area contributed by atoms with Gasteiger partial charge in [-0.25, -0.2) is 0 Å². The van der Waals surface area contributed by atoms with Crippen molar-refractivity contribution in [2.75, 3.05) is 39.3 Å². The summed E-state index contributed by atoms with van der Waals surface area (Å²) in [6.07, 6.45) is 2.28. The van der Waals surface area contributed by atoms with Gasteiger partial charge in [-0.3, -0.25) is 14.6 Å². The first-order valence-electron chi connectivity index (χ1n) is 9.63. The van der Waals surface area contributed by atoms with Crippen molar-refractivity contribution in [3.05, 3.63) is 57.8 Å². The molecule has 0 unspecified atom stereocenters. The zero-order chi connectivity index (χ0) is 17.8. The highest BCUT2D eigenvalue weighted by molar-refractivity contribution is 7.09. The first-order valence-corrected chi connectivity index (χ1v) is 10.5. The van der Waals surface area contributed by atoms with E-state index in [1.165, 1.54) is 10.4 Å². The monoisotopic (exact) mass is 369 g/mol. The molecule has 2 saturated heterocycles. The number of likely N-dealkylation sites (tertiary alicyclic amines) is 1. The minimum absolute atomic E-state index is 0.191. The maximum atomic E-state index is 12.4. The molecule has 0 atom stereocenters. The Kier molecular flexibility index (Phi) is 5.68. The minimum Gasteiger partial charge on any atom is -0.339 e. The second-order valence-corrected chi connectivity index (χ2v) is 8.36. The van der Waals surface area contributed by atoms with Crippen LogP contribution in [0.1, 0.15) is 33.6 Å². The molecule has 4 nitrogen and oxygen atoms in total. The van der Waals surface area contributed by atoms with E-state index in [-0.39, 0.29) is 5.91 Å². The van der Waals surface area contributed by atoms with E-state index in [1.54, 1.807) is 0 Å². The molecule has 0 bridgehead atoms. The van der Waals surface area contributed by atoms with Crippen LogP contribution in [-0.4, -0.2) is 59.9 Å². The van der Waals surface area contributed by atoms with Crippen LogP contribution in [0.3, 0.4) is 0 Å². The van der Waals surface area contributed by atoms with Crippen LogP contribution in [0.4, 0.5) is 0 Å². The predicted molar refractivity (Wildman–Crippen MR) is 106 cm³/mol. The van der Waals surface area contributed by atoms with E-state index in [1.807, 2.05) is 28.4 Å². The topological polar surface area (TPSA) is 26.8 Å². The van der Waals surface area contributed by atoms with Gasteiger partial charge >= 0.3 is 0 Å². The molecule has 138 valence electrons. The third-order valence-corrected chi connectivity index (χ3v) is 6.29. The summed E-state index contributed by atoms with van der Waals surface area (Å²) in [6, 6.07) is 12.6. The lowest BCUT2D eigenvalue weighted by Gasteiger charge is -2.34. The van der Waals surface area contributed by atoms with Crippen LogP contribution in [0, 0.1) is 0 Å². The Balaban J connectivity index is 1.26. The van der Waals surface area contributed by atoms with E-state index >= 15 is 0 Å². The Morgan fingerprint density at radius 1 is 0.846 bits per heavy atom. The molecule has 2 aromatic rings. The highest BCUT2D eigenvalue weighted by atomic mass is 32.1. The molecule has 2 aliphatic rings. The molecular weight excluding hydrogens is 342 g/mol. The molecule has 0 saturated carbocycles. The maximum absolute atomic E-state index is 12.4. The van der Waals surface area contributed by atoms with Crippen molar-refractivity contribution < 1.29 is 4.79 Å². The van der Waals surface area contributed by atoms with Gasteiger partial charge in [0, 0.05) is 62.8 Å². The van der Waals surface area contributed by atoms with Gasteiger partial charge in [0.15, 0.2) is 0 Å². The number of nitrogens with zero attached hydrogens (tertiary/aromatic N) is 3. The Labute approximate surface area is 160 Å². The highest BCUT2D eigenvalue weighted by Gasteiger charge is 2.20. The first-order chi connectivity index (χ1) is 12.8. The average molecular weight is 370 g/mol. The SMILES string of the molecule is O=C(c1ccc(CN2CCN(Cc3cccs3)CC2)cc1)N1CCCC1. The van der Waals surface area contributed by atoms with Gasteiger partial charge in [0.1, 0.15) is 0 Å². The van der Waals surface area contributed by atoms with E-state index < -0.39 is 0 Å². The second-order valence-electron chi connectivity index (χ2n) is 7.33. The smallest absolute Gasteiger partial charge is 0.253 e. The molecule has 1 aromatic heterocycles. The fraction of sp³-hybridized carbons (Fsp3) is 0.476. The molecule has 5 heteroatoms. The van der Waals surface area contributed by atoms with Crippen LogP contribution < -0.4 is 0 Å². The lowest BCUT2D eigenvalue weighted by atomic mass is 10.1. The fourth-order valence-electron chi connectivity index (χ4n) is 3.84. The zero-order valence-corrected chi connectivity index (χ0v) is 16.1. The number of carbonyl (C=O) groups excluding carboxylic acids is 1. The van der Waals surface area contributed by atoms with Gasteiger partial charge in [-0.05, 0) is 42.0 Å². The molecule has 26 heavy (non-hydrogen) atoms. The van der Waals surface area contributed by atoms with Crippen molar-refractivity contribution in [3.63, 3.8) is 0 Å². The van der Waals surface area contributed by atoms with Gasteiger partial charge in [-0.1, -0.05) is 18.2 Å². The van der Waals surface area contributed by atoms with Crippen LogP contribution in [-0.2, 0) is 13.1 Å². The summed E-state index contributed by atoms with van der Waals surface area (Å²) >= 11 is 1.85. The number of benzene rings is 1. The van der Waals surface area contributed by atoms with Crippen molar-refractivity contribution >= 4 is 17.2 Å². The third kappa shape index (κ3) is 4.34. The van der Waals surface area contributed by atoms with E-state index in [2.05, 4.69) is 39.4 Å². The van der Waals surface area contributed by atoms with Crippen LogP contribution >= 0.6 is 11.3 Å². The summed E-state index contributed by atoms with van der Waals surface area (Å²) in [4.78, 5) is 20.9. The molecule has 1 amide bonds. The maximum Gasteiger partial charge on any atom is 0.253 e. The molecule has 0 spiro atoms. The molecule has 2 fully saturated rings. The molecule has 0 aliphatic carbocycles. The van der Waals surface area contributed by atoms with Crippen LogP contribution in [0.5, 0.6) is 0 Å². The standard InChI is InChI=1S/C21H27N3OS/c25-21(24-9-1-2-10-24)19-7-5-18(6-8-19)16-22-11-13-23(14-12-22)17-20-4-3-15-26-20/h3-8,15H,1-2,9-14,16-17H2. The van der Waals surface area contributed by atoms with Crippen LogP contribution in [0.15, 0.2) is 41.8 Å². The zero-order valence-electron chi connectivity index (χ0n) is 15.3. The fourth-order valence-corrected chi connectivity index (χ4v) is 4.59. The number of hydrogen-bond donors (Lipinski definition) is 0.